The van der Waals surface area contributed by atoms with E-state index in [1.165, 1.54) is 18.4 Å². The third-order valence-electron chi connectivity index (χ3n) is 4.41. The summed E-state index contributed by atoms with van der Waals surface area (Å²) in [5.74, 6) is 0. The highest BCUT2D eigenvalue weighted by atomic mass is 79.9. The van der Waals surface area contributed by atoms with Gasteiger partial charge in [0.25, 0.3) is 0 Å². The van der Waals surface area contributed by atoms with Gasteiger partial charge in [0, 0.05) is 39.4 Å². The SMILES string of the molecule is CCCCc1ccnc(-c2cnc3c(ccc4cc(Br)cnc43)c2)c1. The van der Waals surface area contributed by atoms with Crippen molar-refractivity contribution in [3.63, 3.8) is 0 Å². The van der Waals surface area contributed by atoms with Crippen LogP contribution in [0.4, 0.5) is 0 Å². The molecule has 0 aliphatic rings. The minimum atomic E-state index is 0.927. The number of aryl methyl sites for hydroxylation is 1. The van der Waals surface area contributed by atoms with E-state index in [2.05, 4.69) is 74.2 Å². The van der Waals surface area contributed by atoms with Crippen molar-refractivity contribution in [2.24, 2.45) is 0 Å². The Morgan fingerprint density at radius 2 is 1.64 bits per heavy atom. The summed E-state index contributed by atoms with van der Waals surface area (Å²) in [6.45, 7) is 2.21. The molecular formula is C21H18BrN3. The molecule has 0 saturated carbocycles. The molecule has 0 bridgehead atoms. The summed E-state index contributed by atoms with van der Waals surface area (Å²) in [5.41, 5.74) is 5.21. The van der Waals surface area contributed by atoms with Gasteiger partial charge in [-0.2, -0.15) is 0 Å². The second kappa shape index (κ2) is 6.89. The van der Waals surface area contributed by atoms with E-state index in [4.69, 9.17) is 0 Å². The number of unbranched alkanes of at least 4 members (excludes halogenated alkanes) is 1. The smallest absolute Gasteiger partial charge is 0.0965 e. The molecule has 0 aliphatic carbocycles. The van der Waals surface area contributed by atoms with Gasteiger partial charge in [-0.05, 0) is 58.6 Å². The predicted molar refractivity (Wildman–Crippen MR) is 107 cm³/mol. The largest absolute Gasteiger partial charge is 0.256 e. The summed E-state index contributed by atoms with van der Waals surface area (Å²) in [4.78, 5) is 13.8. The number of nitrogens with zero attached hydrogens (tertiary/aromatic N) is 3. The first-order valence-electron chi connectivity index (χ1n) is 8.54. The molecule has 0 spiro atoms. The minimum absolute atomic E-state index is 0.927. The molecule has 3 aromatic heterocycles. The molecule has 0 saturated heterocycles. The second-order valence-electron chi connectivity index (χ2n) is 6.24. The standard InChI is InChI=1S/C21H18BrN3/c1-2-3-4-14-7-8-23-19(9-14)17-10-15-5-6-16-11-18(22)13-25-21(16)20(15)24-12-17/h5-13H,2-4H2,1H3. The lowest BCUT2D eigenvalue weighted by molar-refractivity contribution is 0.794. The average Bonchev–Trinajstić information content (AvgIpc) is 2.65. The molecule has 124 valence electrons. The van der Waals surface area contributed by atoms with Gasteiger partial charge in [0.05, 0.1) is 16.7 Å². The van der Waals surface area contributed by atoms with Crippen LogP contribution in [0.1, 0.15) is 25.3 Å². The van der Waals surface area contributed by atoms with Gasteiger partial charge in [0.2, 0.25) is 0 Å². The van der Waals surface area contributed by atoms with Gasteiger partial charge in [-0.25, -0.2) is 0 Å². The maximum absolute atomic E-state index is 4.69. The van der Waals surface area contributed by atoms with E-state index in [1.807, 2.05) is 18.6 Å². The number of rotatable bonds is 4. The van der Waals surface area contributed by atoms with Crippen molar-refractivity contribution in [2.75, 3.05) is 0 Å². The Hall–Kier alpha value is -2.33. The fourth-order valence-electron chi connectivity index (χ4n) is 3.07. The van der Waals surface area contributed by atoms with Crippen LogP contribution in [0, 0.1) is 0 Å². The summed E-state index contributed by atoms with van der Waals surface area (Å²) in [6.07, 6.45) is 9.10. The number of pyridine rings is 3. The minimum Gasteiger partial charge on any atom is -0.256 e. The van der Waals surface area contributed by atoms with Crippen LogP contribution in [-0.2, 0) is 6.42 Å². The summed E-state index contributed by atoms with van der Waals surface area (Å²) < 4.78 is 0.976. The zero-order valence-corrected chi connectivity index (χ0v) is 15.6. The molecule has 4 heteroatoms. The van der Waals surface area contributed by atoms with E-state index in [-0.39, 0.29) is 0 Å². The molecule has 0 aliphatic heterocycles. The molecular weight excluding hydrogens is 374 g/mol. The Morgan fingerprint density at radius 3 is 2.44 bits per heavy atom. The van der Waals surface area contributed by atoms with Gasteiger partial charge in [-0.15, -0.1) is 0 Å². The van der Waals surface area contributed by atoms with Crippen LogP contribution < -0.4 is 0 Å². The molecule has 0 fully saturated rings. The third-order valence-corrected chi connectivity index (χ3v) is 4.84. The van der Waals surface area contributed by atoms with E-state index in [0.29, 0.717) is 0 Å². The zero-order chi connectivity index (χ0) is 17.2. The van der Waals surface area contributed by atoms with Crippen molar-refractivity contribution in [1.82, 2.24) is 15.0 Å². The van der Waals surface area contributed by atoms with Crippen LogP contribution in [0.3, 0.4) is 0 Å². The van der Waals surface area contributed by atoms with Crippen molar-refractivity contribution in [2.45, 2.75) is 26.2 Å². The van der Waals surface area contributed by atoms with Crippen molar-refractivity contribution < 1.29 is 0 Å². The summed E-state index contributed by atoms with van der Waals surface area (Å²) in [7, 11) is 0. The first-order chi connectivity index (χ1) is 12.2. The number of benzene rings is 1. The molecule has 0 atom stereocenters. The van der Waals surface area contributed by atoms with Gasteiger partial charge in [-0.3, -0.25) is 15.0 Å². The van der Waals surface area contributed by atoms with Crippen molar-refractivity contribution in [3.05, 3.63) is 65.0 Å². The normalized spacial score (nSPS) is 11.3. The van der Waals surface area contributed by atoms with Crippen LogP contribution in [0.25, 0.3) is 33.1 Å². The first kappa shape index (κ1) is 16.2. The van der Waals surface area contributed by atoms with Crippen LogP contribution >= 0.6 is 15.9 Å². The predicted octanol–water partition coefficient (Wildman–Crippen LogP) is 5.95. The highest BCUT2D eigenvalue weighted by Crippen LogP contribution is 2.27. The molecule has 0 N–H and O–H groups in total. The molecule has 1 aromatic carbocycles. The molecule has 25 heavy (non-hydrogen) atoms. The zero-order valence-electron chi connectivity index (χ0n) is 14.0. The molecule has 0 amide bonds. The lowest BCUT2D eigenvalue weighted by Gasteiger charge is -2.07. The quantitative estimate of drug-likeness (QED) is 0.403. The molecule has 3 nitrogen and oxygen atoms in total. The third kappa shape index (κ3) is 3.27. The van der Waals surface area contributed by atoms with Gasteiger partial charge >= 0.3 is 0 Å². The molecule has 4 aromatic rings. The summed E-state index contributed by atoms with van der Waals surface area (Å²) in [5, 5.41) is 2.17. The Kier molecular flexibility index (Phi) is 4.45. The number of fused-ring (bicyclic) bond motifs is 3. The van der Waals surface area contributed by atoms with Crippen molar-refractivity contribution >= 4 is 37.7 Å². The molecule has 3 heterocycles. The van der Waals surface area contributed by atoms with E-state index in [0.717, 1.165) is 44.0 Å². The topological polar surface area (TPSA) is 38.7 Å². The summed E-state index contributed by atoms with van der Waals surface area (Å²) in [6, 6.07) is 12.7. The number of aromatic nitrogens is 3. The molecule has 0 radical (unpaired) electrons. The van der Waals surface area contributed by atoms with Crippen LogP contribution in [0.2, 0.25) is 0 Å². The Balaban J connectivity index is 1.79. The van der Waals surface area contributed by atoms with E-state index in [9.17, 15) is 0 Å². The maximum atomic E-state index is 4.69. The van der Waals surface area contributed by atoms with E-state index >= 15 is 0 Å². The first-order valence-corrected chi connectivity index (χ1v) is 9.33. The fraction of sp³-hybridized carbons (Fsp3) is 0.190. The van der Waals surface area contributed by atoms with Crippen molar-refractivity contribution in [1.29, 1.82) is 0 Å². The van der Waals surface area contributed by atoms with Gasteiger partial charge in [-0.1, -0.05) is 25.5 Å². The monoisotopic (exact) mass is 391 g/mol. The van der Waals surface area contributed by atoms with Crippen LogP contribution in [0.5, 0.6) is 0 Å². The van der Waals surface area contributed by atoms with E-state index < -0.39 is 0 Å². The lowest BCUT2D eigenvalue weighted by Crippen LogP contribution is -1.91. The van der Waals surface area contributed by atoms with Crippen LogP contribution in [0.15, 0.2) is 59.5 Å². The van der Waals surface area contributed by atoms with Crippen molar-refractivity contribution in [3.8, 4) is 11.3 Å². The van der Waals surface area contributed by atoms with E-state index in [1.54, 1.807) is 0 Å². The highest BCUT2D eigenvalue weighted by molar-refractivity contribution is 9.10. The van der Waals surface area contributed by atoms with Gasteiger partial charge < -0.3 is 0 Å². The fourth-order valence-corrected chi connectivity index (χ4v) is 3.42. The molecule has 0 unspecified atom stereocenters. The number of hydrogen-bond acceptors (Lipinski definition) is 3. The summed E-state index contributed by atoms with van der Waals surface area (Å²) >= 11 is 3.47. The highest BCUT2D eigenvalue weighted by Gasteiger charge is 2.07. The van der Waals surface area contributed by atoms with Crippen LogP contribution in [-0.4, -0.2) is 15.0 Å². The van der Waals surface area contributed by atoms with Gasteiger partial charge in [0.15, 0.2) is 0 Å². The number of hydrogen-bond donors (Lipinski definition) is 0. The second-order valence-corrected chi connectivity index (χ2v) is 7.16. The maximum Gasteiger partial charge on any atom is 0.0965 e. The van der Waals surface area contributed by atoms with Gasteiger partial charge in [0.1, 0.15) is 0 Å². The Morgan fingerprint density at radius 1 is 0.880 bits per heavy atom. The lowest BCUT2D eigenvalue weighted by atomic mass is 10.0. The Bertz CT molecular complexity index is 1060. The Labute approximate surface area is 155 Å². The number of halogens is 1. The molecule has 4 rings (SSSR count). The average molecular weight is 392 g/mol.